The SMILES string of the molecule is COc1ccc(NC(=O)Cn2c(=O)c(=O)[nH]c3ccccc32)cc1Cl. The van der Waals surface area contributed by atoms with Gasteiger partial charge in [0.2, 0.25) is 5.91 Å². The zero-order valence-electron chi connectivity index (χ0n) is 13.2. The summed E-state index contributed by atoms with van der Waals surface area (Å²) in [6.07, 6.45) is 0. The Morgan fingerprint density at radius 1 is 1.24 bits per heavy atom. The fourth-order valence-corrected chi connectivity index (χ4v) is 2.73. The van der Waals surface area contributed by atoms with Crippen LogP contribution < -0.4 is 21.2 Å². The second-order valence-corrected chi connectivity index (χ2v) is 5.67. The first kappa shape index (κ1) is 16.8. The van der Waals surface area contributed by atoms with Crippen molar-refractivity contribution in [2.75, 3.05) is 12.4 Å². The van der Waals surface area contributed by atoms with Gasteiger partial charge in [-0.3, -0.25) is 19.0 Å². The smallest absolute Gasteiger partial charge is 0.317 e. The number of rotatable bonds is 4. The number of nitrogens with zero attached hydrogens (tertiary/aromatic N) is 1. The van der Waals surface area contributed by atoms with E-state index in [1.54, 1.807) is 36.4 Å². The maximum atomic E-state index is 12.3. The summed E-state index contributed by atoms with van der Waals surface area (Å²) in [6.45, 7) is -0.299. The molecule has 0 aliphatic carbocycles. The number of hydrogen-bond acceptors (Lipinski definition) is 4. The quantitative estimate of drug-likeness (QED) is 0.697. The fraction of sp³-hybridized carbons (Fsp3) is 0.118. The van der Waals surface area contributed by atoms with Gasteiger partial charge in [0.05, 0.1) is 23.2 Å². The molecule has 1 amide bonds. The maximum absolute atomic E-state index is 12.3. The van der Waals surface area contributed by atoms with Crippen molar-refractivity contribution in [2.45, 2.75) is 6.54 Å². The number of anilines is 1. The third-order valence-corrected chi connectivity index (χ3v) is 3.92. The number of para-hydroxylation sites is 2. The van der Waals surface area contributed by atoms with Gasteiger partial charge in [0.25, 0.3) is 0 Å². The molecule has 0 aliphatic rings. The van der Waals surface area contributed by atoms with Crippen LogP contribution in [0.5, 0.6) is 5.75 Å². The lowest BCUT2D eigenvalue weighted by molar-refractivity contribution is -0.116. The van der Waals surface area contributed by atoms with Gasteiger partial charge in [-0.05, 0) is 30.3 Å². The standard InChI is InChI=1S/C17H14ClN3O4/c1-25-14-7-6-10(8-11(14)18)19-15(22)9-21-13-5-3-2-4-12(13)20-16(23)17(21)24/h2-8H,9H2,1H3,(H,19,22)(H,20,23). The van der Waals surface area contributed by atoms with E-state index >= 15 is 0 Å². The van der Waals surface area contributed by atoms with Crippen molar-refractivity contribution in [3.05, 3.63) is 68.2 Å². The van der Waals surface area contributed by atoms with Crippen molar-refractivity contribution < 1.29 is 9.53 Å². The van der Waals surface area contributed by atoms with Gasteiger partial charge >= 0.3 is 11.1 Å². The Morgan fingerprint density at radius 2 is 2.00 bits per heavy atom. The van der Waals surface area contributed by atoms with Crippen molar-refractivity contribution in [2.24, 2.45) is 0 Å². The molecule has 8 heteroatoms. The molecule has 3 rings (SSSR count). The second kappa shape index (κ2) is 6.82. The van der Waals surface area contributed by atoms with Gasteiger partial charge in [0.15, 0.2) is 0 Å². The van der Waals surface area contributed by atoms with E-state index in [0.717, 1.165) is 4.57 Å². The van der Waals surface area contributed by atoms with E-state index in [4.69, 9.17) is 16.3 Å². The minimum Gasteiger partial charge on any atom is -0.495 e. The third-order valence-electron chi connectivity index (χ3n) is 3.62. The highest BCUT2D eigenvalue weighted by Crippen LogP contribution is 2.27. The Labute approximate surface area is 146 Å². The molecule has 2 N–H and O–H groups in total. The van der Waals surface area contributed by atoms with E-state index in [9.17, 15) is 14.4 Å². The van der Waals surface area contributed by atoms with Crippen molar-refractivity contribution in [1.82, 2.24) is 9.55 Å². The summed E-state index contributed by atoms with van der Waals surface area (Å²) < 4.78 is 6.18. The monoisotopic (exact) mass is 359 g/mol. The molecule has 3 aromatic rings. The topological polar surface area (TPSA) is 93.2 Å². The Bertz CT molecular complexity index is 1070. The summed E-state index contributed by atoms with van der Waals surface area (Å²) >= 11 is 6.02. The maximum Gasteiger partial charge on any atom is 0.317 e. The Morgan fingerprint density at radius 3 is 2.72 bits per heavy atom. The van der Waals surface area contributed by atoms with Crippen LogP contribution in [0.15, 0.2) is 52.1 Å². The second-order valence-electron chi connectivity index (χ2n) is 5.26. The van der Waals surface area contributed by atoms with Crippen LogP contribution in [-0.4, -0.2) is 22.6 Å². The van der Waals surface area contributed by atoms with Crippen LogP contribution in [0.25, 0.3) is 11.0 Å². The normalized spacial score (nSPS) is 10.6. The number of aromatic amines is 1. The number of hydrogen-bond donors (Lipinski definition) is 2. The van der Waals surface area contributed by atoms with Gasteiger partial charge in [0, 0.05) is 5.69 Å². The number of fused-ring (bicyclic) bond motifs is 1. The summed E-state index contributed by atoms with van der Waals surface area (Å²) in [4.78, 5) is 38.7. The van der Waals surface area contributed by atoms with E-state index in [1.165, 1.54) is 13.2 Å². The van der Waals surface area contributed by atoms with Gasteiger partial charge < -0.3 is 15.0 Å². The van der Waals surface area contributed by atoms with Crippen molar-refractivity contribution in [3.8, 4) is 5.75 Å². The van der Waals surface area contributed by atoms with Crippen LogP contribution in [0, 0.1) is 0 Å². The number of nitrogens with one attached hydrogen (secondary N) is 2. The van der Waals surface area contributed by atoms with E-state index in [-0.39, 0.29) is 6.54 Å². The number of aromatic nitrogens is 2. The highest BCUT2D eigenvalue weighted by Gasteiger charge is 2.12. The number of carbonyl (C=O) groups excluding carboxylic acids is 1. The molecule has 128 valence electrons. The molecule has 0 unspecified atom stereocenters. The largest absolute Gasteiger partial charge is 0.495 e. The van der Waals surface area contributed by atoms with E-state index < -0.39 is 17.0 Å². The molecule has 0 spiro atoms. The van der Waals surface area contributed by atoms with Gasteiger partial charge in [-0.15, -0.1) is 0 Å². The number of benzene rings is 2. The number of carbonyl (C=O) groups is 1. The molecule has 7 nitrogen and oxygen atoms in total. The first-order valence-electron chi connectivity index (χ1n) is 7.35. The van der Waals surface area contributed by atoms with Crippen molar-refractivity contribution >= 4 is 34.2 Å². The molecule has 25 heavy (non-hydrogen) atoms. The summed E-state index contributed by atoms with van der Waals surface area (Å²) in [5.41, 5.74) is -0.166. The zero-order valence-corrected chi connectivity index (χ0v) is 14.0. The Hall–Kier alpha value is -3.06. The summed E-state index contributed by atoms with van der Waals surface area (Å²) in [5.74, 6) is 0.0237. The highest BCUT2D eigenvalue weighted by atomic mass is 35.5. The minimum absolute atomic E-state index is 0.299. The first-order chi connectivity index (χ1) is 12.0. The van der Waals surface area contributed by atoms with Gasteiger partial charge in [0.1, 0.15) is 12.3 Å². The van der Waals surface area contributed by atoms with Gasteiger partial charge in [-0.25, -0.2) is 0 Å². The predicted molar refractivity (Wildman–Crippen MR) is 95.5 cm³/mol. The van der Waals surface area contributed by atoms with Crippen molar-refractivity contribution in [3.63, 3.8) is 0 Å². The van der Waals surface area contributed by atoms with Crippen molar-refractivity contribution in [1.29, 1.82) is 0 Å². The molecule has 1 aromatic heterocycles. The lowest BCUT2D eigenvalue weighted by Crippen LogP contribution is -2.38. The Kier molecular flexibility index (Phi) is 4.58. The molecule has 1 heterocycles. The summed E-state index contributed by atoms with van der Waals surface area (Å²) in [7, 11) is 1.49. The van der Waals surface area contributed by atoms with Crippen LogP contribution >= 0.6 is 11.6 Å². The average Bonchev–Trinajstić information content (AvgIpc) is 2.59. The van der Waals surface area contributed by atoms with Crippen LogP contribution in [0.1, 0.15) is 0 Å². The third kappa shape index (κ3) is 3.41. The van der Waals surface area contributed by atoms with Crippen LogP contribution in [0.2, 0.25) is 5.02 Å². The molecule has 2 aromatic carbocycles. The number of halogens is 1. The summed E-state index contributed by atoms with van der Waals surface area (Å²) in [5, 5.41) is 2.99. The van der Waals surface area contributed by atoms with Gasteiger partial charge in [-0.1, -0.05) is 23.7 Å². The number of methoxy groups -OCH3 is 1. The molecule has 0 saturated carbocycles. The number of amides is 1. The predicted octanol–water partition coefficient (Wildman–Crippen LogP) is 1.99. The van der Waals surface area contributed by atoms with E-state index in [0.29, 0.717) is 27.5 Å². The first-order valence-corrected chi connectivity index (χ1v) is 7.72. The minimum atomic E-state index is -0.790. The molecule has 0 radical (unpaired) electrons. The lowest BCUT2D eigenvalue weighted by atomic mass is 10.3. The van der Waals surface area contributed by atoms with Crippen LogP contribution in [-0.2, 0) is 11.3 Å². The number of H-pyrrole nitrogens is 1. The van der Waals surface area contributed by atoms with Crippen LogP contribution in [0.4, 0.5) is 5.69 Å². The Balaban J connectivity index is 1.90. The van der Waals surface area contributed by atoms with E-state index in [2.05, 4.69) is 10.3 Å². The molecule has 0 atom stereocenters. The lowest BCUT2D eigenvalue weighted by Gasteiger charge is -2.11. The fourth-order valence-electron chi connectivity index (χ4n) is 2.47. The molecule has 0 bridgehead atoms. The molecular weight excluding hydrogens is 346 g/mol. The molecule has 0 saturated heterocycles. The molecule has 0 fully saturated rings. The number of ether oxygens (including phenoxy) is 1. The van der Waals surface area contributed by atoms with E-state index in [1.807, 2.05) is 0 Å². The zero-order chi connectivity index (χ0) is 18.0. The van der Waals surface area contributed by atoms with Gasteiger partial charge in [-0.2, -0.15) is 0 Å². The van der Waals surface area contributed by atoms with Crippen LogP contribution in [0.3, 0.4) is 0 Å². The summed E-state index contributed by atoms with van der Waals surface area (Å²) in [6, 6.07) is 11.5. The average molecular weight is 360 g/mol. The highest BCUT2D eigenvalue weighted by molar-refractivity contribution is 6.32. The molecule has 0 aliphatic heterocycles. The molecular formula is C17H14ClN3O4.